The van der Waals surface area contributed by atoms with Gasteiger partial charge in [0.05, 0.1) is 11.3 Å². The van der Waals surface area contributed by atoms with Gasteiger partial charge in [-0.3, -0.25) is 10.1 Å². The van der Waals surface area contributed by atoms with Gasteiger partial charge in [-0.25, -0.2) is 4.98 Å². The molecule has 1 N–H and O–H groups in total. The van der Waals surface area contributed by atoms with Crippen LogP contribution in [0.1, 0.15) is 46.2 Å². The van der Waals surface area contributed by atoms with Crippen molar-refractivity contribution >= 4 is 34.1 Å². The molecule has 3 aromatic heterocycles. The molecule has 1 amide bonds. The van der Waals surface area contributed by atoms with Crippen LogP contribution in [0.15, 0.2) is 27.9 Å². The summed E-state index contributed by atoms with van der Waals surface area (Å²) in [5.74, 6) is 1.67. The Bertz CT molecular complexity index is 916. The third-order valence-electron chi connectivity index (χ3n) is 3.82. The summed E-state index contributed by atoms with van der Waals surface area (Å²) in [5.41, 5.74) is 2.39. The number of thioether (sulfide) groups is 1. The molecule has 142 valence electrons. The Hall–Kier alpha value is -2.26. The van der Waals surface area contributed by atoms with Gasteiger partial charge in [0.25, 0.3) is 5.91 Å². The van der Waals surface area contributed by atoms with Crippen molar-refractivity contribution in [1.29, 1.82) is 0 Å². The molecule has 0 fully saturated rings. The van der Waals surface area contributed by atoms with E-state index in [1.54, 1.807) is 18.3 Å². The first-order valence-electron chi connectivity index (χ1n) is 8.57. The SMILES string of the molecule is Cc1noc(C)c1CSc1ncccc1C(=O)Nc1nnc(CC(C)C)s1. The minimum atomic E-state index is -0.239. The molecular weight excluding hydrogens is 382 g/mol. The monoisotopic (exact) mass is 403 g/mol. The number of hydrogen-bond donors (Lipinski definition) is 1. The van der Waals surface area contributed by atoms with Crippen LogP contribution in [0.5, 0.6) is 0 Å². The number of anilines is 1. The van der Waals surface area contributed by atoms with E-state index >= 15 is 0 Å². The molecular formula is C18H21N5O2S2. The molecule has 0 spiro atoms. The minimum absolute atomic E-state index is 0.239. The molecule has 7 nitrogen and oxygen atoms in total. The highest BCUT2D eigenvalue weighted by atomic mass is 32.2. The number of rotatable bonds is 7. The van der Waals surface area contributed by atoms with Crippen molar-refractivity contribution in [3.8, 4) is 0 Å². The van der Waals surface area contributed by atoms with Gasteiger partial charge in [-0.15, -0.1) is 22.0 Å². The predicted molar refractivity (Wildman–Crippen MR) is 106 cm³/mol. The van der Waals surface area contributed by atoms with Gasteiger partial charge in [-0.2, -0.15) is 0 Å². The highest BCUT2D eigenvalue weighted by Gasteiger charge is 2.17. The zero-order valence-corrected chi connectivity index (χ0v) is 17.3. The maximum Gasteiger partial charge on any atom is 0.260 e. The van der Waals surface area contributed by atoms with E-state index in [0.717, 1.165) is 28.4 Å². The first-order valence-corrected chi connectivity index (χ1v) is 10.4. The Morgan fingerprint density at radius 1 is 1.33 bits per heavy atom. The summed E-state index contributed by atoms with van der Waals surface area (Å²) in [4.78, 5) is 17.1. The van der Waals surface area contributed by atoms with Gasteiger partial charge < -0.3 is 4.52 Å². The summed E-state index contributed by atoms with van der Waals surface area (Å²) < 4.78 is 5.19. The number of amides is 1. The van der Waals surface area contributed by atoms with Crippen molar-refractivity contribution < 1.29 is 9.32 Å². The molecule has 0 saturated carbocycles. The van der Waals surface area contributed by atoms with Gasteiger partial charge in [0.1, 0.15) is 15.8 Å². The fourth-order valence-corrected chi connectivity index (χ4v) is 4.52. The molecule has 0 aliphatic heterocycles. The van der Waals surface area contributed by atoms with Crippen LogP contribution < -0.4 is 5.32 Å². The lowest BCUT2D eigenvalue weighted by Gasteiger charge is -2.07. The first-order chi connectivity index (χ1) is 12.9. The van der Waals surface area contributed by atoms with Gasteiger partial charge in [-0.05, 0) is 31.9 Å². The average Bonchev–Trinajstić information content (AvgIpc) is 3.19. The van der Waals surface area contributed by atoms with E-state index in [-0.39, 0.29) is 5.91 Å². The Morgan fingerprint density at radius 2 is 2.15 bits per heavy atom. The van der Waals surface area contributed by atoms with Crippen LogP contribution in [0, 0.1) is 19.8 Å². The highest BCUT2D eigenvalue weighted by molar-refractivity contribution is 7.98. The molecule has 0 aliphatic rings. The fourth-order valence-electron chi connectivity index (χ4n) is 2.43. The average molecular weight is 404 g/mol. The van der Waals surface area contributed by atoms with Crippen molar-refractivity contribution in [2.75, 3.05) is 5.32 Å². The van der Waals surface area contributed by atoms with Crippen LogP contribution in [0.3, 0.4) is 0 Å². The van der Waals surface area contributed by atoms with Crippen LogP contribution in [0.4, 0.5) is 5.13 Å². The molecule has 0 saturated heterocycles. The minimum Gasteiger partial charge on any atom is -0.361 e. The number of aromatic nitrogens is 4. The summed E-state index contributed by atoms with van der Waals surface area (Å²) >= 11 is 2.88. The molecule has 3 heterocycles. The number of hydrogen-bond acceptors (Lipinski definition) is 8. The zero-order valence-electron chi connectivity index (χ0n) is 15.6. The molecule has 3 aromatic rings. The van der Waals surface area contributed by atoms with Gasteiger partial charge in [0.2, 0.25) is 5.13 Å². The summed E-state index contributed by atoms with van der Waals surface area (Å²) in [6.07, 6.45) is 2.52. The van der Waals surface area contributed by atoms with Crippen LogP contribution in [0.25, 0.3) is 0 Å². The van der Waals surface area contributed by atoms with Gasteiger partial charge in [0.15, 0.2) is 0 Å². The van der Waals surface area contributed by atoms with Crippen molar-refractivity contribution in [2.45, 2.75) is 44.9 Å². The maximum atomic E-state index is 12.7. The largest absolute Gasteiger partial charge is 0.361 e. The normalized spacial score (nSPS) is 11.1. The second-order valence-electron chi connectivity index (χ2n) is 6.50. The Morgan fingerprint density at radius 3 is 2.85 bits per heavy atom. The van der Waals surface area contributed by atoms with E-state index in [2.05, 4.69) is 39.5 Å². The van der Waals surface area contributed by atoms with Crippen LogP contribution in [0.2, 0.25) is 0 Å². The van der Waals surface area contributed by atoms with Crippen molar-refractivity contribution in [3.05, 3.63) is 45.9 Å². The van der Waals surface area contributed by atoms with E-state index in [0.29, 0.717) is 27.4 Å². The lowest BCUT2D eigenvalue weighted by Crippen LogP contribution is -2.13. The van der Waals surface area contributed by atoms with E-state index in [4.69, 9.17) is 4.52 Å². The van der Waals surface area contributed by atoms with E-state index in [1.807, 2.05) is 13.8 Å². The molecule has 3 rings (SSSR count). The van der Waals surface area contributed by atoms with Gasteiger partial charge in [0, 0.05) is 23.9 Å². The molecule has 0 atom stereocenters. The maximum absolute atomic E-state index is 12.7. The zero-order chi connectivity index (χ0) is 19.4. The van der Waals surface area contributed by atoms with E-state index in [9.17, 15) is 4.79 Å². The standard InChI is InChI=1S/C18H21N5O2S2/c1-10(2)8-15-21-22-18(27-15)20-16(24)13-6-5-7-19-17(13)26-9-14-11(3)23-25-12(14)4/h5-7,10H,8-9H2,1-4H3,(H,20,22,24). The molecule has 0 aromatic carbocycles. The smallest absolute Gasteiger partial charge is 0.260 e. The van der Waals surface area contributed by atoms with E-state index < -0.39 is 0 Å². The summed E-state index contributed by atoms with van der Waals surface area (Å²) in [6, 6.07) is 3.51. The number of nitrogens with one attached hydrogen (secondary N) is 1. The molecule has 27 heavy (non-hydrogen) atoms. The summed E-state index contributed by atoms with van der Waals surface area (Å²) in [5, 5.41) is 17.1. The van der Waals surface area contributed by atoms with Crippen LogP contribution in [-0.4, -0.2) is 26.2 Å². The molecule has 0 aliphatic carbocycles. The third-order valence-corrected chi connectivity index (χ3v) is 5.71. The van der Waals surface area contributed by atoms with Crippen molar-refractivity contribution in [3.63, 3.8) is 0 Å². The molecule has 0 radical (unpaired) electrons. The predicted octanol–water partition coefficient (Wildman–Crippen LogP) is 4.28. The number of carbonyl (C=O) groups excluding carboxylic acids is 1. The second kappa shape index (κ2) is 8.62. The topological polar surface area (TPSA) is 93.8 Å². The number of pyridine rings is 1. The first kappa shape index (κ1) is 19.5. The quantitative estimate of drug-likeness (QED) is 0.588. The summed E-state index contributed by atoms with van der Waals surface area (Å²) in [6.45, 7) is 8.03. The summed E-state index contributed by atoms with van der Waals surface area (Å²) in [7, 11) is 0. The highest BCUT2D eigenvalue weighted by Crippen LogP contribution is 2.28. The molecule has 9 heteroatoms. The number of nitrogens with zero attached hydrogens (tertiary/aromatic N) is 4. The number of carbonyl (C=O) groups is 1. The Labute approximate surface area is 166 Å². The second-order valence-corrected chi connectivity index (χ2v) is 8.53. The van der Waals surface area contributed by atoms with Crippen molar-refractivity contribution in [2.24, 2.45) is 5.92 Å². The Kier molecular flexibility index (Phi) is 6.22. The molecule has 0 unspecified atom stereocenters. The molecule has 0 bridgehead atoms. The lowest BCUT2D eigenvalue weighted by atomic mass is 10.1. The van der Waals surface area contributed by atoms with Gasteiger partial charge in [-0.1, -0.05) is 30.3 Å². The van der Waals surface area contributed by atoms with Gasteiger partial charge >= 0.3 is 0 Å². The van der Waals surface area contributed by atoms with Crippen LogP contribution in [-0.2, 0) is 12.2 Å². The fraction of sp³-hybridized carbons (Fsp3) is 0.389. The third kappa shape index (κ3) is 4.92. The van der Waals surface area contributed by atoms with Crippen LogP contribution >= 0.6 is 23.1 Å². The van der Waals surface area contributed by atoms with Crippen molar-refractivity contribution in [1.82, 2.24) is 20.3 Å². The lowest BCUT2D eigenvalue weighted by molar-refractivity contribution is 0.102. The van der Waals surface area contributed by atoms with E-state index in [1.165, 1.54) is 23.1 Å². The Balaban J connectivity index is 1.71. The number of aryl methyl sites for hydroxylation is 2.